The molecule has 0 saturated heterocycles. The number of rotatable bonds is 2. The molecule has 0 unspecified atom stereocenters. The molecule has 4 rings (SSSR count). The van der Waals surface area contributed by atoms with Gasteiger partial charge >= 0.3 is 11.9 Å². The van der Waals surface area contributed by atoms with Crippen LogP contribution >= 0.6 is 0 Å². The summed E-state index contributed by atoms with van der Waals surface area (Å²) in [6.45, 7) is 0. The average molecular weight is 296 g/mol. The van der Waals surface area contributed by atoms with Crippen LogP contribution in [0.25, 0.3) is 32.7 Å². The van der Waals surface area contributed by atoms with E-state index >= 15 is 0 Å². The summed E-state index contributed by atoms with van der Waals surface area (Å²) >= 11 is 0. The van der Waals surface area contributed by atoms with Gasteiger partial charge in [-0.15, -0.1) is 0 Å². The number of carbonyl (C=O) groups is 2. The molecule has 0 saturated carbocycles. The highest BCUT2D eigenvalue weighted by atomic mass is 16.4. The molecule has 22 heavy (non-hydrogen) atoms. The van der Waals surface area contributed by atoms with Crippen molar-refractivity contribution in [3.8, 4) is 0 Å². The second kappa shape index (κ2) is 4.11. The highest BCUT2D eigenvalue weighted by molar-refractivity contribution is 6.12. The van der Waals surface area contributed by atoms with Gasteiger partial charge in [0.15, 0.2) is 0 Å². The molecule has 0 amide bonds. The van der Waals surface area contributed by atoms with E-state index in [1.54, 1.807) is 24.3 Å². The fourth-order valence-electron chi connectivity index (χ4n) is 2.59. The Bertz CT molecular complexity index is 1080. The van der Waals surface area contributed by atoms with Gasteiger partial charge in [-0.3, -0.25) is 0 Å². The van der Waals surface area contributed by atoms with Crippen molar-refractivity contribution in [2.24, 2.45) is 0 Å². The maximum absolute atomic E-state index is 11.0. The zero-order valence-corrected chi connectivity index (χ0v) is 11.0. The molecule has 0 aliphatic rings. The van der Waals surface area contributed by atoms with Crippen LogP contribution in [0.1, 0.15) is 21.1 Å². The number of furan rings is 2. The Morgan fingerprint density at radius 2 is 1.41 bits per heavy atom. The van der Waals surface area contributed by atoms with Gasteiger partial charge in [-0.25, -0.2) is 9.59 Å². The molecule has 4 aromatic rings. The SMILES string of the molecule is O=C(O)c1cc2cc3ccc4oc(C(=O)O)cc4c3cc2o1. The molecular formula is C16H8O6. The van der Waals surface area contributed by atoms with Crippen LogP contribution in [0.15, 0.2) is 45.2 Å². The Labute approximate surface area is 122 Å². The van der Waals surface area contributed by atoms with E-state index in [2.05, 4.69) is 0 Å². The van der Waals surface area contributed by atoms with E-state index < -0.39 is 11.9 Å². The van der Waals surface area contributed by atoms with Crippen LogP contribution in [0.3, 0.4) is 0 Å². The van der Waals surface area contributed by atoms with Crippen molar-refractivity contribution in [1.29, 1.82) is 0 Å². The zero-order valence-electron chi connectivity index (χ0n) is 11.0. The van der Waals surface area contributed by atoms with Crippen molar-refractivity contribution >= 4 is 44.6 Å². The Kier molecular flexibility index (Phi) is 2.33. The maximum atomic E-state index is 11.0. The Balaban J connectivity index is 2.09. The minimum atomic E-state index is -1.14. The minimum Gasteiger partial charge on any atom is -0.475 e. The third-order valence-electron chi connectivity index (χ3n) is 3.58. The van der Waals surface area contributed by atoms with Crippen LogP contribution < -0.4 is 0 Å². The van der Waals surface area contributed by atoms with Crippen LogP contribution in [0, 0.1) is 0 Å². The first kappa shape index (κ1) is 12.5. The first-order valence-corrected chi connectivity index (χ1v) is 6.39. The van der Waals surface area contributed by atoms with Gasteiger partial charge in [-0.05, 0) is 41.1 Å². The molecule has 108 valence electrons. The molecule has 2 aromatic heterocycles. The number of benzene rings is 2. The predicted octanol–water partition coefficient (Wildman–Crippen LogP) is 3.73. The summed E-state index contributed by atoms with van der Waals surface area (Å²) in [4.78, 5) is 22.0. The van der Waals surface area contributed by atoms with E-state index in [9.17, 15) is 9.59 Å². The topological polar surface area (TPSA) is 101 Å². The molecule has 0 spiro atoms. The molecule has 2 N–H and O–H groups in total. The smallest absolute Gasteiger partial charge is 0.371 e. The second-order valence-electron chi connectivity index (χ2n) is 4.92. The highest BCUT2D eigenvalue weighted by Gasteiger charge is 2.15. The van der Waals surface area contributed by atoms with E-state index in [4.69, 9.17) is 19.0 Å². The first-order valence-electron chi connectivity index (χ1n) is 6.39. The van der Waals surface area contributed by atoms with Gasteiger partial charge in [0, 0.05) is 10.8 Å². The summed E-state index contributed by atoms with van der Waals surface area (Å²) in [6, 6.07) is 9.88. The molecule has 0 atom stereocenters. The Morgan fingerprint density at radius 3 is 2.14 bits per heavy atom. The van der Waals surface area contributed by atoms with Crippen molar-refractivity contribution in [2.75, 3.05) is 0 Å². The number of hydrogen-bond donors (Lipinski definition) is 2. The van der Waals surface area contributed by atoms with Gasteiger partial charge in [0.1, 0.15) is 11.2 Å². The summed E-state index contributed by atoms with van der Waals surface area (Å²) in [5.41, 5.74) is 0.879. The van der Waals surface area contributed by atoms with Crippen LogP contribution in [-0.2, 0) is 0 Å². The van der Waals surface area contributed by atoms with Gasteiger partial charge in [0.25, 0.3) is 0 Å². The Hall–Kier alpha value is -3.28. The maximum Gasteiger partial charge on any atom is 0.371 e. The first-order chi connectivity index (χ1) is 10.5. The molecular weight excluding hydrogens is 288 g/mol. The lowest BCUT2D eigenvalue weighted by Gasteiger charge is -1.98. The van der Waals surface area contributed by atoms with E-state index in [0.29, 0.717) is 21.9 Å². The number of carboxylic acid groups (broad SMARTS) is 2. The van der Waals surface area contributed by atoms with Crippen molar-refractivity contribution in [1.82, 2.24) is 0 Å². The quantitative estimate of drug-likeness (QED) is 0.584. The fourth-order valence-corrected chi connectivity index (χ4v) is 2.59. The van der Waals surface area contributed by atoms with Crippen molar-refractivity contribution < 1.29 is 28.6 Å². The van der Waals surface area contributed by atoms with Gasteiger partial charge in [-0.2, -0.15) is 0 Å². The molecule has 0 radical (unpaired) electrons. The van der Waals surface area contributed by atoms with Crippen molar-refractivity contribution in [2.45, 2.75) is 0 Å². The molecule has 6 heteroatoms. The largest absolute Gasteiger partial charge is 0.475 e. The van der Waals surface area contributed by atoms with E-state index in [-0.39, 0.29) is 11.5 Å². The number of fused-ring (bicyclic) bond motifs is 4. The summed E-state index contributed by atoms with van der Waals surface area (Å²) in [5.74, 6) is -2.56. The van der Waals surface area contributed by atoms with Crippen molar-refractivity contribution in [3.63, 3.8) is 0 Å². The van der Waals surface area contributed by atoms with Gasteiger partial charge in [0.05, 0.1) is 0 Å². The molecule has 0 aliphatic carbocycles. The summed E-state index contributed by atoms with van der Waals surface area (Å²) < 4.78 is 10.6. The van der Waals surface area contributed by atoms with Gasteiger partial charge in [-0.1, -0.05) is 6.07 Å². The Morgan fingerprint density at radius 1 is 0.727 bits per heavy atom. The van der Waals surface area contributed by atoms with Crippen LogP contribution in [0.5, 0.6) is 0 Å². The molecule has 2 aromatic carbocycles. The molecule has 0 aliphatic heterocycles. The number of carboxylic acids is 2. The number of hydrogen-bond acceptors (Lipinski definition) is 4. The van der Waals surface area contributed by atoms with Crippen molar-refractivity contribution in [3.05, 3.63) is 47.9 Å². The lowest BCUT2D eigenvalue weighted by atomic mass is 10.0. The number of aromatic carboxylic acids is 2. The van der Waals surface area contributed by atoms with Crippen LogP contribution in [-0.4, -0.2) is 22.2 Å². The summed E-state index contributed by atoms with van der Waals surface area (Å²) in [6.07, 6.45) is 0. The molecule has 0 bridgehead atoms. The summed E-state index contributed by atoms with van der Waals surface area (Å²) in [7, 11) is 0. The van der Waals surface area contributed by atoms with Gasteiger partial charge in [0.2, 0.25) is 11.5 Å². The van der Waals surface area contributed by atoms with E-state index in [1.165, 1.54) is 12.1 Å². The minimum absolute atomic E-state index is 0.139. The standard InChI is InChI=1S/C16H8O6/c17-15(18)13-4-8-3-7-1-2-11-10(6-14(21-11)16(19)20)9(7)5-12(8)22-13/h1-6H,(H,17,18)(H,19,20). The molecule has 6 nitrogen and oxygen atoms in total. The molecule has 0 fully saturated rings. The normalized spacial score (nSPS) is 11.5. The van der Waals surface area contributed by atoms with Crippen LogP contribution in [0.2, 0.25) is 0 Å². The predicted molar refractivity (Wildman–Crippen MR) is 77.4 cm³/mol. The summed E-state index contributed by atoms with van der Waals surface area (Å²) in [5, 5.41) is 20.9. The van der Waals surface area contributed by atoms with Crippen LogP contribution in [0.4, 0.5) is 0 Å². The lowest BCUT2D eigenvalue weighted by Crippen LogP contribution is -1.91. The average Bonchev–Trinajstić information content (AvgIpc) is 3.08. The third kappa shape index (κ3) is 1.67. The van der Waals surface area contributed by atoms with Gasteiger partial charge < -0.3 is 19.0 Å². The van der Waals surface area contributed by atoms with E-state index in [0.717, 1.165) is 10.8 Å². The monoisotopic (exact) mass is 296 g/mol. The molecule has 2 heterocycles. The third-order valence-corrected chi connectivity index (χ3v) is 3.58. The second-order valence-corrected chi connectivity index (χ2v) is 4.92. The lowest BCUT2D eigenvalue weighted by molar-refractivity contribution is 0.0655. The van der Waals surface area contributed by atoms with E-state index in [1.807, 2.05) is 0 Å². The fraction of sp³-hybridized carbons (Fsp3) is 0. The zero-order chi connectivity index (χ0) is 15.4. The highest BCUT2D eigenvalue weighted by Crippen LogP contribution is 2.32.